The number of aromatic nitrogens is 1. The average Bonchev–Trinajstić information content (AvgIpc) is 3.07. The van der Waals surface area contributed by atoms with Crippen LogP contribution in [0.25, 0.3) is 0 Å². The molecule has 1 amide bonds. The van der Waals surface area contributed by atoms with Crippen molar-refractivity contribution >= 4 is 17.4 Å². The molecule has 1 aliphatic heterocycles. The number of rotatable bonds is 4. The van der Waals surface area contributed by atoms with Crippen LogP contribution in [0.4, 0.5) is 11.5 Å². The third kappa shape index (κ3) is 3.09. The molecule has 0 aromatic carbocycles. The van der Waals surface area contributed by atoms with Crippen molar-refractivity contribution in [3.8, 4) is 0 Å². The van der Waals surface area contributed by atoms with Crippen LogP contribution in [0.3, 0.4) is 0 Å². The van der Waals surface area contributed by atoms with E-state index in [-0.39, 0.29) is 11.3 Å². The lowest BCUT2D eigenvalue weighted by Crippen LogP contribution is -2.40. The van der Waals surface area contributed by atoms with Gasteiger partial charge in [0.05, 0.1) is 17.3 Å². The van der Waals surface area contributed by atoms with Gasteiger partial charge in [-0.05, 0) is 44.2 Å². The molecule has 3 N–H and O–H groups in total. The van der Waals surface area contributed by atoms with Crippen LogP contribution in [0.2, 0.25) is 0 Å². The van der Waals surface area contributed by atoms with Crippen LogP contribution in [-0.2, 0) is 4.79 Å². The van der Waals surface area contributed by atoms with Crippen molar-refractivity contribution in [2.45, 2.75) is 44.9 Å². The van der Waals surface area contributed by atoms with Gasteiger partial charge in [-0.25, -0.2) is 4.98 Å². The number of pyridine rings is 1. The normalized spacial score (nSPS) is 20.9. The summed E-state index contributed by atoms with van der Waals surface area (Å²) in [6.07, 6.45) is 9.53. The number of amides is 1. The maximum absolute atomic E-state index is 12.5. The van der Waals surface area contributed by atoms with Crippen LogP contribution >= 0.6 is 0 Å². The number of carbonyl (C=O) groups is 1. The first kappa shape index (κ1) is 15.3. The van der Waals surface area contributed by atoms with Crippen molar-refractivity contribution < 1.29 is 4.79 Å². The number of nitrogens with zero attached hydrogens (tertiary/aromatic N) is 2. The Bertz CT molecular complexity index is 502. The first-order valence-electron chi connectivity index (χ1n) is 8.46. The molecule has 5 nitrogen and oxygen atoms in total. The fourth-order valence-corrected chi connectivity index (χ4v) is 3.61. The van der Waals surface area contributed by atoms with Crippen LogP contribution < -0.4 is 16.0 Å². The Morgan fingerprint density at radius 2 is 1.91 bits per heavy atom. The highest BCUT2D eigenvalue weighted by atomic mass is 16.2. The minimum absolute atomic E-state index is 0.0556. The molecular formula is C17H26N4O. The molecule has 5 heteroatoms. The number of piperidine rings is 1. The number of hydrogen-bond acceptors (Lipinski definition) is 4. The van der Waals surface area contributed by atoms with Crippen LogP contribution in [0.5, 0.6) is 0 Å². The van der Waals surface area contributed by atoms with Gasteiger partial charge >= 0.3 is 0 Å². The Labute approximate surface area is 132 Å². The predicted molar refractivity (Wildman–Crippen MR) is 88.9 cm³/mol. The molecule has 120 valence electrons. The second kappa shape index (κ2) is 6.65. The second-order valence-corrected chi connectivity index (χ2v) is 6.60. The maximum Gasteiger partial charge on any atom is 0.231 e. The number of nitrogens with one attached hydrogen (secondary N) is 1. The van der Waals surface area contributed by atoms with Crippen molar-refractivity contribution in [3.05, 3.63) is 18.3 Å². The molecule has 0 bridgehead atoms. The largest absolute Gasteiger partial charge is 0.357 e. The van der Waals surface area contributed by atoms with Gasteiger partial charge in [0.25, 0.3) is 0 Å². The monoisotopic (exact) mass is 302 g/mol. The molecule has 2 heterocycles. The van der Waals surface area contributed by atoms with Gasteiger partial charge in [0.1, 0.15) is 5.82 Å². The van der Waals surface area contributed by atoms with Gasteiger partial charge in [0, 0.05) is 19.6 Å². The third-order valence-corrected chi connectivity index (χ3v) is 5.12. The van der Waals surface area contributed by atoms with Gasteiger partial charge in [-0.1, -0.05) is 12.8 Å². The molecular weight excluding hydrogens is 276 g/mol. The summed E-state index contributed by atoms with van der Waals surface area (Å²) in [6, 6.07) is 3.96. The molecule has 2 fully saturated rings. The van der Waals surface area contributed by atoms with Gasteiger partial charge < -0.3 is 16.0 Å². The molecule has 0 spiro atoms. The molecule has 1 aromatic heterocycles. The van der Waals surface area contributed by atoms with E-state index >= 15 is 0 Å². The predicted octanol–water partition coefficient (Wildman–Crippen LogP) is 2.53. The SMILES string of the molecule is NCC1(C(=O)Nc2ccc(N3CCCCC3)nc2)CCCC1. The van der Waals surface area contributed by atoms with E-state index in [0.29, 0.717) is 6.54 Å². The Morgan fingerprint density at radius 3 is 2.50 bits per heavy atom. The van der Waals surface area contributed by atoms with E-state index in [1.165, 1.54) is 19.3 Å². The van der Waals surface area contributed by atoms with Crippen molar-refractivity contribution in [2.24, 2.45) is 11.1 Å². The first-order chi connectivity index (χ1) is 10.7. The van der Waals surface area contributed by atoms with E-state index in [2.05, 4.69) is 15.2 Å². The van der Waals surface area contributed by atoms with E-state index in [0.717, 1.165) is 50.3 Å². The molecule has 1 saturated carbocycles. The summed E-state index contributed by atoms with van der Waals surface area (Å²) in [6.45, 7) is 2.59. The lowest BCUT2D eigenvalue weighted by Gasteiger charge is -2.28. The average molecular weight is 302 g/mol. The summed E-state index contributed by atoms with van der Waals surface area (Å²) in [5.74, 6) is 1.06. The van der Waals surface area contributed by atoms with Gasteiger partial charge in [0.15, 0.2) is 0 Å². The molecule has 1 aromatic rings. The molecule has 1 aliphatic carbocycles. The minimum Gasteiger partial charge on any atom is -0.357 e. The van der Waals surface area contributed by atoms with Crippen molar-refractivity contribution in [3.63, 3.8) is 0 Å². The number of carbonyl (C=O) groups excluding carboxylic acids is 1. The highest BCUT2D eigenvalue weighted by molar-refractivity contribution is 5.95. The quantitative estimate of drug-likeness (QED) is 0.896. The first-order valence-corrected chi connectivity index (χ1v) is 8.46. The summed E-state index contributed by atoms with van der Waals surface area (Å²) >= 11 is 0. The lowest BCUT2D eigenvalue weighted by molar-refractivity contribution is -0.124. The topological polar surface area (TPSA) is 71.2 Å². The van der Waals surface area contributed by atoms with E-state index in [1.807, 2.05) is 12.1 Å². The van der Waals surface area contributed by atoms with Gasteiger partial charge in [-0.15, -0.1) is 0 Å². The summed E-state index contributed by atoms with van der Waals surface area (Å²) < 4.78 is 0. The lowest BCUT2D eigenvalue weighted by atomic mass is 9.85. The fourth-order valence-electron chi connectivity index (χ4n) is 3.61. The maximum atomic E-state index is 12.5. The van der Waals surface area contributed by atoms with Crippen LogP contribution in [0.1, 0.15) is 44.9 Å². The van der Waals surface area contributed by atoms with Gasteiger partial charge in [-0.3, -0.25) is 4.79 Å². The Balaban J connectivity index is 1.64. The standard InChI is InChI=1S/C17H26N4O/c18-13-17(8-2-3-9-17)16(22)20-14-6-7-15(19-12-14)21-10-4-1-5-11-21/h6-7,12H,1-5,8-11,13,18H2,(H,20,22). The summed E-state index contributed by atoms with van der Waals surface area (Å²) in [7, 11) is 0. The third-order valence-electron chi connectivity index (χ3n) is 5.12. The molecule has 0 unspecified atom stereocenters. The summed E-state index contributed by atoms with van der Waals surface area (Å²) in [5, 5.41) is 3.01. The van der Waals surface area contributed by atoms with Crippen molar-refractivity contribution in [2.75, 3.05) is 29.9 Å². The van der Waals surface area contributed by atoms with Gasteiger partial charge in [0.2, 0.25) is 5.91 Å². The number of anilines is 2. The number of hydrogen-bond donors (Lipinski definition) is 2. The molecule has 22 heavy (non-hydrogen) atoms. The molecule has 1 saturated heterocycles. The molecule has 0 radical (unpaired) electrons. The Kier molecular flexibility index (Phi) is 4.62. The highest BCUT2D eigenvalue weighted by Crippen LogP contribution is 2.38. The molecule has 0 atom stereocenters. The van der Waals surface area contributed by atoms with Crippen molar-refractivity contribution in [1.29, 1.82) is 0 Å². The van der Waals surface area contributed by atoms with E-state index < -0.39 is 0 Å². The second-order valence-electron chi connectivity index (χ2n) is 6.60. The zero-order valence-electron chi connectivity index (χ0n) is 13.2. The van der Waals surface area contributed by atoms with E-state index in [4.69, 9.17) is 5.73 Å². The minimum atomic E-state index is -0.370. The summed E-state index contributed by atoms with van der Waals surface area (Å²) in [4.78, 5) is 19.3. The van der Waals surface area contributed by atoms with Gasteiger partial charge in [-0.2, -0.15) is 0 Å². The zero-order valence-corrected chi connectivity index (χ0v) is 13.2. The van der Waals surface area contributed by atoms with Crippen molar-refractivity contribution in [1.82, 2.24) is 4.98 Å². The Hall–Kier alpha value is -1.62. The highest BCUT2D eigenvalue weighted by Gasteiger charge is 2.39. The Morgan fingerprint density at radius 1 is 1.18 bits per heavy atom. The number of nitrogens with two attached hydrogens (primary N) is 1. The van der Waals surface area contributed by atoms with E-state index in [1.54, 1.807) is 6.20 Å². The smallest absolute Gasteiger partial charge is 0.231 e. The van der Waals surface area contributed by atoms with Crippen LogP contribution in [0, 0.1) is 5.41 Å². The van der Waals surface area contributed by atoms with E-state index in [9.17, 15) is 4.79 Å². The zero-order chi connectivity index (χ0) is 15.4. The van der Waals surface area contributed by atoms with Crippen LogP contribution in [-0.4, -0.2) is 30.5 Å². The fraction of sp³-hybridized carbons (Fsp3) is 0.647. The molecule has 2 aliphatic rings. The molecule has 3 rings (SSSR count). The van der Waals surface area contributed by atoms with Crippen LogP contribution in [0.15, 0.2) is 18.3 Å². The summed E-state index contributed by atoms with van der Waals surface area (Å²) in [5.41, 5.74) is 6.26.